The van der Waals surface area contributed by atoms with Crippen LogP contribution in [0.15, 0.2) is 35.2 Å². The highest BCUT2D eigenvalue weighted by atomic mass is 32.2. The lowest BCUT2D eigenvalue weighted by atomic mass is 9.78. The molecule has 0 amide bonds. The van der Waals surface area contributed by atoms with Crippen LogP contribution >= 0.6 is 0 Å². The summed E-state index contributed by atoms with van der Waals surface area (Å²) in [5.74, 6) is 2.05. The van der Waals surface area contributed by atoms with Crippen LogP contribution in [0.1, 0.15) is 45.6 Å². The summed E-state index contributed by atoms with van der Waals surface area (Å²) in [6.07, 6.45) is 4.25. The third kappa shape index (κ3) is 4.47. The number of aryl methyl sites for hydroxylation is 1. The van der Waals surface area contributed by atoms with E-state index in [0.717, 1.165) is 12.2 Å². The van der Waals surface area contributed by atoms with Gasteiger partial charge in [0.05, 0.1) is 10.6 Å². The van der Waals surface area contributed by atoms with Crippen LogP contribution in [0.25, 0.3) is 11.3 Å². The van der Waals surface area contributed by atoms with Crippen molar-refractivity contribution in [1.82, 2.24) is 10.2 Å². The number of nitrogens with two attached hydrogens (primary N) is 1. The number of hydrogen-bond donors (Lipinski definition) is 2. The van der Waals surface area contributed by atoms with Crippen LogP contribution in [-0.4, -0.2) is 24.7 Å². The summed E-state index contributed by atoms with van der Waals surface area (Å²) in [5.41, 5.74) is 2.01. The second-order valence-corrected chi connectivity index (χ2v) is 9.07. The highest BCUT2D eigenvalue weighted by molar-refractivity contribution is 7.89. The molecule has 0 spiro atoms. The molecule has 1 saturated carbocycles. The Kier molecular flexibility index (Phi) is 5.81. The zero-order valence-corrected chi connectivity index (χ0v) is 17.0. The Labute approximate surface area is 161 Å². The van der Waals surface area contributed by atoms with Crippen LogP contribution in [0, 0.1) is 11.8 Å². The molecule has 3 rings (SSSR count). The molecule has 0 saturated heterocycles. The van der Waals surface area contributed by atoms with Crippen molar-refractivity contribution >= 4 is 15.8 Å². The van der Waals surface area contributed by atoms with Gasteiger partial charge < -0.3 is 5.32 Å². The lowest BCUT2D eigenvalue weighted by Crippen LogP contribution is -2.35. The molecular weight excluding hydrogens is 360 g/mol. The molecular formula is C20H28N4O2S. The van der Waals surface area contributed by atoms with Gasteiger partial charge in [0.2, 0.25) is 10.0 Å². The zero-order chi connectivity index (χ0) is 19.6. The fraction of sp³-hybridized carbons (Fsp3) is 0.500. The normalized spacial score (nSPS) is 23.2. The first-order valence-electron chi connectivity index (χ1n) is 9.56. The van der Waals surface area contributed by atoms with Crippen LogP contribution < -0.4 is 10.5 Å². The van der Waals surface area contributed by atoms with Gasteiger partial charge in [0.15, 0.2) is 0 Å². The van der Waals surface area contributed by atoms with Crippen LogP contribution in [0.2, 0.25) is 0 Å². The molecule has 146 valence electrons. The predicted octanol–water partition coefficient (Wildman–Crippen LogP) is 3.59. The van der Waals surface area contributed by atoms with Gasteiger partial charge in [0.1, 0.15) is 5.82 Å². The predicted molar refractivity (Wildman–Crippen MR) is 108 cm³/mol. The Morgan fingerprint density at radius 1 is 1.15 bits per heavy atom. The van der Waals surface area contributed by atoms with E-state index in [0.29, 0.717) is 41.1 Å². The second-order valence-electron chi connectivity index (χ2n) is 7.54. The monoisotopic (exact) mass is 388 g/mol. The summed E-state index contributed by atoms with van der Waals surface area (Å²) in [6, 6.07) is 9.39. The van der Waals surface area contributed by atoms with E-state index in [1.165, 1.54) is 12.8 Å². The van der Waals surface area contributed by atoms with Crippen LogP contribution in [0.5, 0.6) is 0 Å². The molecule has 1 heterocycles. The number of nitrogens with zero attached hydrogens (tertiary/aromatic N) is 2. The number of rotatable bonds is 5. The van der Waals surface area contributed by atoms with Gasteiger partial charge in [-0.1, -0.05) is 45.7 Å². The van der Waals surface area contributed by atoms with Gasteiger partial charge in [-0.15, -0.1) is 10.2 Å². The van der Waals surface area contributed by atoms with Gasteiger partial charge >= 0.3 is 0 Å². The number of benzene rings is 1. The maximum Gasteiger partial charge on any atom is 0.238 e. The number of aromatic nitrogens is 2. The molecule has 3 N–H and O–H groups in total. The molecule has 1 aliphatic carbocycles. The molecule has 0 bridgehead atoms. The molecule has 0 aliphatic heterocycles. The first-order chi connectivity index (χ1) is 12.8. The molecule has 2 aromatic rings. The van der Waals surface area contributed by atoms with Gasteiger partial charge in [-0.2, -0.15) is 0 Å². The first-order valence-corrected chi connectivity index (χ1v) is 11.1. The molecule has 1 aromatic heterocycles. The van der Waals surface area contributed by atoms with Gasteiger partial charge in [-0.05, 0) is 48.4 Å². The van der Waals surface area contributed by atoms with Crippen molar-refractivity contribution in [2.45, 2.75) is 57.4 Å². The van der Waals surface area contributed by atoms with E-state index in [-0.39, 0.29) is 4.90 Å². The summed E-state index contributed by atoms with van der Waals surface area (Å²) >= 11 is 0. The average molecular weight is 389 g/mol. The Morgan fingerprint density at radius 3 is 2.56 bits per heavy atom. The standard InChI is InChI=1S/C20H28N4O2S/c1-4-15-8-9-16(12-19(15)27(21,25)26)18-10-11-20(24-23-18)22-17-7-5-6-13(2)14(17)3/h8-14,17H,4-7H2,1-3H3,(H,22,24)(H2,21,25,26). The van der Waals surface area contributed by atoms with Gasteiger partial charge in [0.25, 0.3) is 0 Å². The lowest BCUT2D eigenvalue weighted by molar-refractivity contribution is 0.253. The molecule has 27 heavy (non-hydrogen) atoms. The van der Waals surface area contributed by atoms with Gasteiger partial charge in [-0.25, -0.2) is 13.6 Å². The fourth-order valence-corrected chi connectivity index (χ4v) is 4.68. The van der Waals surface area contributed by atoms with Crippen molar-refractivity contribution in [1.29, 1.82) is 0 Å². The highest BCUT2D eigenvalue weighted by Gasteiger charge is 2.27. The zero-order valence-electron chi connectivity index (χ0n) is 16.1. The topological polar surface area (TPSA) is 98.0 Å². The summed E-state index contributed by atoms with van der Waals surface area (Å²) in [6.45, 7) is 6.49. The van der Waals surface area contributed by atoms with Crippen molar-refractivity contribution < 1.29 is 8.42 Å². The number of sulfonamides is 1. The van der Waals surface area contributed by atoms with Crippen LogP contribution in [0.4, 0.5) is 5.82 Å². The minimum absolute atomic E-state index is 0.150. The highest BCUT2D eigenvalue weighted by Crippen LogP contribution is 2.31. The lowest BCUT2D eigenvalue weighted by Gasteiger charge is -2.34. The Balaban J connectivity index is 1.81. The van der Waals surface area contributed by atoms with E-state index in [4.69, 9.17) is 5.14 Å². The maximum absolute atomic E-state index is 11.9. The third-order valence-corrected chi connectivity index (χ3v) is 6.75. The number of nitrogens with one attached hydrogen (secondary N) is 1. The largest absolute Gasteiger partial charge is 0.366 e. The quantitative estimate of drug-likeness (QED) is 0.816. The minimum atomic E-state index is -3.78. The third-order valence-electron chi connectivity index (χ3n) is 5.76. The van der Waals surface area contributed by atoms with Crippen molar-refractivity contribution in [3.63, 3.8) is 0 Å². The number of primary sulfonamides is 1. The molecule has 6 nitrogen and oxygen atoms in total. The van der Waals surface area contributed by atoms with Crippen molar-refractivity contribution in [2.75, 3.05) is 5.32 Å². The van der Waals surface area contributed by atoms with E-state index in [1.54, 1.807) is 12.1 Å². The van der Waals surface area contributed by atoms with Crippen molar-refractivity contribution in [3.8, 4) is 11.3 Å². The van der Waals surface area contributed by atoms with E-state index < -0.39 is 10.0 Å². The van der Waals surface area contributed by atoms with Crippen LogP contribution in [0.3, 0.4) is 0 Å². The maximum atomic E-state index is 11.9. The van der Waals surface area contributed by atoms with Gasteiger partial charge in [0, 0.05) is 11.6 Å². The molecule has 1 fully saturated rings. The molecule has 0 radical (unpaired) electrons. The first kappa shape index (κ1) is 19.8. The molecule has 3 unspecified atom stereocenters. The smallest absolute Gasteiger partial charge is 0.238 e. The molecule has 1 aliphatic rings. The van der Waals surface area contributed by atoms with Crippen molar-refractivity contribution in [3.05, 3.63) is 35.9 Å². The second kappa shape index (κ2) is 7.94. The molecule has 1 aromatic carbocycles. The van der Waals surface area contributed by atoms with E-state index in [9.17, 15) is 8.42 Å². The van der Waals surface area contributed by atoms with Crippen molar-refractivity contribution in [2.24, 2.45) is 17.0 Å². The average Bonchev–Trinajstić information content (AvgIpc) is 2.65. The Bertz CT molecular complexity index is 897. The molecule has 7 heteroatoms. The molecule has 3 atom stereocenters. The Hall–Kier alpha value is -1.99. The summed E-state index contributed by atoms with van der Waals surface area (Å²) in [4.78, 5) is 0.150. The summed E-state index contributed by atoms with van der Waals surface area (Å²) < 4.78 is 23.7. The minimum Gasteiger partial charge on any atom is -0.366 e. The summed E-state index contributed by atoms with van der Waals surface area (Å²) in [7, 11) is -3.78. The van der Waals surface area contributed by atoms with E-state index >= 15 is 0 Å². The summed E-state index contributed by atoms with van der Waals surface area (Å²) in [5, 5.41) is 17.5. The number of hydrogen-bond acceptors (Lipinski definition) is 5. The number of anilines is 1. The van der Waals surface area contributed by atoms with Gasteiger partial charge in [-0.3, -0.25) is 0 Å². The fourth-order valence-electron chi connectivity index (χ4n) is 3.81. The SMILES string of the molecule is CCc1ccc(-c2ccc(NC3CCCC(C)C3C)nn2)cc1S(N)(=O)=O. The van der Waals surface area contributed by atoms with E-state index in [2.05, 4.69) is 29.4 Å². The Morgan fingerprint density at radius 2 is 1.93 bits per heavy atom. The van der Waals surface area contributed by atoms with E-state index in [1.807, 2.05) is 25.1 Å². The van der Waals surface area contributed by atoms with Crippen LogP contribution in [-0.2, 0) is 16.4 Å².